The molecule has 2 heterocycles. The Bertz CT molecular complexity index is 1110. The van der Waals surface area contributed by atoms with Crippen LogP contribution in [-0.2, 0) is 23.0 Å². The minimum Gasteiger partial charge on any atom is -0.337 e. The van der Waals surface area contributed by atoms with E-state index in [0.717, 1.165) is 16.8 Å². The molecule has 0 unspecified atom stereocenters. The molecule has 2 aromatic carbocycles. The van der Waals surface area contributed by atoms with E-state index in [0.29, 0.717) is 25.2 Å². The number of sulfonamides is 1. The van der Waals surface area contributed by atoms with Crippen molar-refractivity contribution in [2.24, 2.45) is 0 Å². The molecule has 4 rings (SSSR count). The molecular formula is C21H23N5O3S. The molecule has 2 amide bonds. The third-order valence-electron chi connectivity index (χ3n) is 4.96. The van der Waals surface area contributed by atoms with E-state index in [1.165, 1.54) is 4.31 Å². The van der Waals surface area contributed by atoms with Crippen LogP contribution in [0.1, 0.15) is 11.1 Å². The highest BCUT2D eigenvalue weighted by atomic mass is 32.2. The van der Waals surface area contributed by atoms with Crippen molar-refractivity contribution in [3.05, 3.63) is 78.4 Å². The number of fused-ring (bicyclic) bond motifs is 1. The number of hydrogen-bond donors (Lipinski definition) is 2. The summed E-state index contributed by atoms with van der Waals surface area (Å²) in [6.45, 7) is 1.18. The summed E-state index contributed by atoms with van der Waals surface area (Å²) in [6.07, 6.45) is 6.06. The van der Waals surface area contributed by atoms with Crippen LogP contribution in [-0.4, -0.2) is 42.8 Å². The second kappa shape index (κ2) is 8.58. The summed E-state index contributed by atoms with van der Waals surface area (Å²) in [5, 5.41) is 5.34. The van der Waals surface area contributed by atoms with Crippen LogP contribution >= 0.6 is 0 Å². The molecule has 156 valence electrons. The lowest BCUT2D eigenvalue weighted by Crippen LogP contribution is -2.38. The molecule has 0 bridgehead atoms. The molecule has 0 atom stereocenters. The van der Waals surface area contributed by atoms with E-state index in [1.807, 2.05) is 59.3 Å². The zero-order valence-corrected chi connectivity index (χ0v) is 17.2. The van der Waals surface area contributed by atoms with Crippen LogP contribution in [0.25, 0.3) is 0 Å². The molecule has 0 radical (unpaired) electrons. The Morgan fingerprint density at radius 3 is 2.67 bits per heavy atom. The Hall–Kier alpha value is -3.33. The topological polar surface area (TPSA) is 96.3 Å². The Kier molecular flexibility index (Phi) is 5.71. The molecule has 0 saturated carbocycles. The first-order chi connectivity index (χ1) is 14.5. The highest BCUT2D eigenvalue weighted by molar-refractivity contribution is 7.92. The largest absolute Gasteiger partial charge is 0.337 e. The fourth-order valence-electron chi connectivity index (χ4n) is 3.46. The van der Waals surface area contributed by atoms with Gasteiger partial charge in [0.05, 0.1) is 17.8 Å². The number of hydrogen-bond acceptors (Lipinski definition) is 4. The smallest absolute Gasteiger partial charge is 0.319 e. The van der Waals surface area contributed by atoms with E-state index in [1.54, 1.807) is 12.5 Å². The summed E-state index contributed by atoms with van der Waals surface area (Å²) < 4.78 is 28.7. The average molecular weight is 426 g/mol. The van der Waals surface area contributed by atoms with Gasteiger partial charge in [0.15, 0.2) is 0 Å². The Morgan fingerprint density at radius 1 is 1.10 bits per heavy atom. The van der Waals surface area contributed by atoms with Gasteiger partial charge in [-0.1, -0.05) is 30.3 Å². The van der Waals surface area contributed by atoms with Crippen LogP contribution in [0, 0.1) is 0 Å². The first kappa shape index (κ1) is 20.0. The highest BCUT2D eigenvalue weighted by Crippen LogP contribution is 2.29. The summed E-state index contributed by atoms with van der Waals surface area (Å²) >= 11 is 0. The van der Waals surface area contributed by atoms with Gasteiger partial charge in [-0.05, 0) is 35.7 Å². The van der Waals surface area contributed by atoms with E-state index >= 15 is 0 Å². The molecule has 1 aromatic heterocycles. The van der Waals surface area contributed by atoms with Gasteiger partial charge < -0.3 is 15.2 Å². The number of amides is 2. The van der Waals surface area contributed by atoms with Gasteiger partial charge in [-0.15, -0.1) is 0 Å². The average Bonchev–Trinajstić information content (AvgIpc) is 3.39. The lowest BCUT2D eigenvalue weighted by Gasteiger charge is -2.19. The maximum atomic E-state index is 12.7. The number of carbonyl (C=O) groups excluding carboxylic acids is 1. The van der Waals surface area contributed by atoms with Gasteiger partial charge >= 0.3 is 6.03 Å². The Labute approximate surface area is 175 Å². The number of anilines is 2. The SMILES string of the molecule is O=C(NCCS(=O)(=O)N1CCc2ccccc21)Nc1ccc(Cn2ccnc2)cc1. The second-order valence-corrected chi connectivity index (χ2v) is 9.09. The Balaban J connectivity index is 1.26. The molecule has 0 fully saturated rings. The van der Waals surface area contributed by atoms with Gasteiger partial charge in [0.2, 0.25) is 10.0 Å². The number of benzene rings is 2. The molecule has 9 heteroatoms. The number of nitrogens with one attached hydrogen (secondary N) is 2. The molecule has 2 N–H and O–H groups in total. The third-order valence-corrected chi connectivity index (χ3v) is 6.73. The van der Waals surface area contributed by atoms with Crippen molar-refractivity contribution in [3.63, 3.8) is 0 Å². The van der Waals surface area contributed by atoms with Crippen molar-refractivity contribution in [1.29, 1.82) is 0 Å². The molecule has 8 nitrogen and oxygen atoms in total. The van der Waals surface area contributed by atoms with Gasteiger partial charge in [-0.3, -0.25) is 4.31 Å². The standard InChI is InChI=1S/C21H23N5O3S/c27-21(24-19-7-5-17(6-8-19)15-25-13-10-22-16-25)23-11-14-30(28,29)26-12-9-18-3-1-2-4-20(18)26/h1-8,10,13,16H,9,11-12,14-15H2,(H2,23,24,27). The quantitative estimate of drug-likeness (QED) is 0.608. The number of nitrogens with zero attached hydrogens (tertiary/aromatic N) is 3. The molecule has 0 aliphatic carbocycles. The summed E-state index contributed by atoms with van der Waals surface area (Å²) in [5.74, 6) is -0.154. The minimum atomic E-state index is -3.49. The summed E-state index contributed by atoms with van der Waals surface area (Å²) in [5.41, 5.74) is 3.48. The molecule has 3 aromatic rings. The number of carbonyl (C=O) groups is 1. The summed E-state index contributed by atoms with van der Waals surface area (Å²) in [7, 11) is -3.49. The van der Waals surface area contributed by atoms with Crippen molar-refractivity contribution < 1.29 is 13.2 Å². The zero-order chi connectivity index (χ0) is 21.0. The van der Waals surface area contributed by atoms with Crippen molar-refractivity contribution >= 4 is 27.4 Å². The van der Waals surface area contributed by atoms with E-state index < -0.39 is 16.1 Å². The van der Waals surface area contributed by atoms with E-state index in [9.17, 15) is 13.2 Å². The molecule has 1 aliphatic rings. The van der Waals surface area contributed by atoms with Crippen LogP contribution in [0.2, 0.25) is 0 Å². The fraction of sp³-hybridized carbons (Fsp3) is 0.238. The number of rotatable bonds is 7. The van der Waals surface area contributed by atoms with Gasteiger partial charge in [0.1, 0.15) is 0 Å². The fourth-order valence-corrected chi connectivity index (χ4v) is 4.89. The lowest BCUT2D eigenvalue weighted by molar-refractivity contribution is 0.252. The van der Waals surface area contributed by atoms with Crippen LogP contribution in [0.3, 0.4) is 0 Å². The van der Waals surface area contributed by atoms with Crippen molar-refractivity contribution in [3.8, 4) is 0 Å². The van der Waals surface area contributed by atoms with E-state index in [-0.39, 0.29) is 12.3 Å². The van der Waals surface area contributed by atoms with Crippen LogP contribution in [0.5, 0.6) is 0 Å². The van der Waals surface area contributed by atoms with Gasteiger partial charge in [-0.2, -0.15) is 0 Å². The summed E-state index contributed by atoms with van der Waals surface area (Å²) in [6, 6.07) is 14.5. The number of para-hydroxylation sites is 1. The number of aromatic nitrogens is 2. The Morgan fingerprint density at radius 2 is 1.90 bits per heavy atom. The first-order valence-corrected chi connectivity index (χ1v) is 11.3. The summed E-state index contributed by atoms with van der Waals surface area (Å²) in [4.78, 5) is 16.1. The minimum absolute atomic E-state index is 0.0333. The first-order valence-electron chi connectivity index (χ1n) is 9.69. The van der Waals surface area contributed by atoms with Crippen LogP contribution in [0.15, 0.2) is 67.3 Å². The predicted molar refractivity (Wildman–Crippen MR) is 116 cm³/mol. The van der Waals surface area contributed by atoms with Crippen molar-refractivity contribution in [1.82, 2.24) is 14.9 Å². The maximum absolute atomic E-state index is 12.7. The van der Waals surface area contributed by atoms with Crippen LogP contribution in [0.4, 0.5) is 16.2 Å². The molecule has 0 saturated heterocycles. The van der Waals surface area contributed by atoms with Crippen molar-refractivity contribution in [2.45, 2.75) is 13.0 Å². The van der Waals surface area contributed by atoms with E-state index in [4.69, 9.17) is 0 Å². The zero-order valence-electron chi connectivity index (χ0n) is 16.4. The van der Waals surface area contributed by atoms with Crippen LogP contribution < -0.4 is 14.9 Å². The highest BCUT2D eigenvalue weighted by Gasteiger charge is 2.28. The van der Waals surface area contributed by atoms with Gasteiger partial charge in [0, 0.05) is 37.7 Å². The lowest BCUT2D eigenvalue weighted by atomic mass is 10.2. The number of urea groups is 1. The van der Waals surface area contributed by atoms with Gasteiger partial charge in [0.25, 0.3) is 0 Å². The van der Waals surface area contributed by atoms with Crippen molar-refractivity contribution in [2.75, 3.05) is 28.5 Å². The number of imidazole rings is 1. The molecule has 1 aliphatic heterocycles. The molecule has 30 heavy (non-hydrogen) atoms. The van der Waals surface area contributed by atoms with E-state index in [2.05, 4.69) is 15.6 Å². The van der Waals surface area contributed by atoms with Gasteiger partial charge in [-0.25, -0.2) is 18.2 Å². The normalized spacial score (nSPS) is 13.1. The second-order valence-electron chi connectivity index (χ2n) is 7.08. The monoisotopic (exact) mass is 425 g/mol. The predicted octanol–water partition coefficient (Wildman–Crippen LogP) is 2.45. The maximum Gasteiger partial charge on any atom is 0.319 e. The molecule has 0 spiro atoms. The molecular weight excluding hydrogens is 402 g/mol. The third kappa shape index (κ3) is 4.62.